The molecule has 3 heteroatoms. The maximum atomic E-state index is 3.61. The number of likely N-dealkylation sites (tertiary alicyclic amines) is 1. The Kier molecular flexibility index (Phi) is 2.77. The number of nitrogens with one attached hydrogen (secondary N) is 1. The number of rotatable bonds is 2. The zero-order chi connectivity index (χ0) is 10.1. The van der Waals surface area contributed by atoms with Crippen LogP contribution in [-0.2, 0) is 6.54 Å². The fraction of sp³-hybridized carbons (Fsp3) is 0.667. The lowest BCUT2D eigenvalue weighted by atomic mass is 9.93. The highest BCUT2D eigenvalue weighted by Gasteiger charge is 2.32. The van der Waals surface area contributed by atoms with Gasteiger partial charge in [-0.1, -0.05) is 0 Å². The SMILES string of the molecule is c1cc(CN2CCC3NCCC3C2)cs1. The van der Waals surface area contributed by atoms with Crippen molar-refractivity contribution in [1.29, 1.82) is 0 Å². The van der Waals surface area contributed by atoms with E-state index in [1.807, 2.05) is 11.3 Å². The minimum atomic E-state index is 0.823. The standard InChI is InChI=1S/C12H18N2S/c1-4-13-12-2-5-14(8-11(1)12)7-10-3-6-15-9-10/h3,6,9,11-13H,1-2,4-5,7-8H2. The van der Waals surface area contributed by atoms with Crippen LogP contribution in [0.25, 0.3) is 0 Å². The zero-order valence-electron chi connectivity index (χ0n) is 8.98. The maximum Gasteiger partial charge on any atom is 0.0242 e. The van der Waals surface area contributed by atoms with Crippen molar-refractivity contribution in [1.82, 2.24) is 10.2 Å². The summed E-state index contributed by atoms with van der Waals surface area (Å²) in [5.41, 5.74) is 1.49. The minimum Gasteiger partial charge on any atom is -0.314 e. The first-order valence-corrected chi connectivity index (χ1v) is 6.83. The van der Waals surface area contributed by atoms with Gasteiger partial charge in [0.05, 0.1) is 0 Å². The van der Waals surface area contributed by atoms with Crippen molar-refractivity contribution in [3.8, 4) is 0 Å². The second kappa shape index (κ2) is 4.24. The van der Waals surface area contributed by atoms with Gasteiger partial charge in [0.1, 0.15) is 0 Å². The fourth-order valence-corrected chi connectivity index (χ4v) is 3.57. The van der Waals surface area contributed by atoms with Gasteiger partial charge in [0, 0.05) is 19.1 Å². The van der Waals surface area contributed by atoms with E-state index in [1.54, 1.807) is 0 Å². The molecule has 2 atom stereocenters. The quantitative estimate of drug-likeness (QED) is 0.822. The summed E-state index contributed by atoms with van der Waals surface area (Å²) in [6, 6.07) is 3.08. The van der Waals surface area contributed by atoms with E-state index < -0.39 is 0 Å². The molecular weight excluding hydrogens is 204 g/mol. The summed E-state index contributed by atoms with van der Waals surface area (Å²) < 4.78 is 0. The third kappa shape index (κ3) is 2.10. The van der Waals surface area contributed by atoms with Crippen molar-refractivity contribution in [2.24, 2.45) is 5.92 Å². The Morgan fingerprint density at radius 1 is 1.47 bits per heavy atom. The molecule has 0 bridgehead atoms. The van der Waals surface area contributed by atoms with Crippen molar-refractivity contribution in [3.05, 3.63) is 22.4 Å². The van der Waals surface area contributed by atoms with E-state index in [4.69, 9.17) is 0 Å². The van der Waals surface area contributed by atoms with Crippen LogP contribution in [0.5, 0.6) is 0 Å². The van der Waals surface area contributed by atoms with Crippen LogP contribution in [0.3, 0.4) is 0 Å². The van der Waals surface area contributed by atoms with Gasteiger partial charge in [-0.3, -0.25) is 4.90 Å². The predicted octanol–water partition coefficient (Wildman–Crippen LogP) is 1.93. The lowest BCUT2D eigenvalue weighted by Crippen LogP contribution is -2.43. The summed E-state index contributed by atoms with van der Waals surface area (Å²) in [5.74, 6) is 0.914. The van der Waals surface area contributed by atoms with E-state index >= 15 is 0 Å². The molecule has 2 unspecified atom stereocenters. The molecule has 82 valence electrons. The van der Waals surface area contributed by atoms with Crippen LogP contribution in [0, 0.1) is 5.92 Å². The molecule has 0 spiro atoms. The number of hydrogen-bond acceptors (Lipinski definition) is 3. The van der Waals surface area contributed by atoms with Gasteiger partial charge in [-0.2, -0.15) is 11.3 Å². The third-order valence-corrected chi connectivity index (χ3v) is 4.46. The van der Waals surface area contributed by atoms with Crippen LogP contribution in [-0.4, -0.2) is 30.6 Å². The van der Waals surface area contributed by atoms with E-state index in [-0.39, 0.29) is 0 Å². The predicted molar refractivity (Wildman–Crippen MR) is 64.1 cm³/mol. The molecule has 1 N–H and O–H groups in total. The number of thiophene rings is 1. The molecule has 0 radical (unpaired) electrons. The Labute approximate surface area is 95.3 Å². The average molecular weight is 222 g/mol. The topological polar surface area (TPSA) is 15.3 Å². The van der Waals surface area contributed by atoms with Gasteiger partial charge in [-0.05, 0) is 54.2 Å². The smallest absolute Gasteiger partial charge is 0.0242 e. The summed E-state index contributed by atoms with van der Waals surface area (Å²) in [6.07, 6.45) is 2.72. The van der Waals surface area contributed by atoms with Gasteiger partial charge in [-0.15, -0.1) is 0 Å². The fourth-order valence-electron chi connectivity index (χ4n) is 2.91. The summed E-state index contributed by atoms with van der Waals surface area (Å²) >= 11 is 1.81. The average Bonchev–Trinajstić information content (AvgIpc) is 2.87. The number of piperidine rings is 1. The van der Waals surface area contributed by atoms with Crippen LogP contribution < -0.4 is 5.32 Å². The van der Waals surface area contributed by atoms with E-state index in [0.29, 0.717) is 0 Å². The molecule has 2 saturated heterocycles. The molecule has 2 aliphatic rings. The first-order chi connectivity index (χ1) is 7.42. The van der Waals surface area contributed by atoms with Gasteiger partial charge >= 0.3 is 0 Å². The molecule has 15 heavy (non-hydrogen) atoms. The molecule has 1 aromatic heterocycles. The molecule has 0 aliphatic carbocycles. The van der Waals surface area contributed by atoms with Crippen LogP contribution >= 0.6 is 11.3 Å². The molecule has 2 nitrogen and oxygen atoms in total. The lowest BCUT2D eigenvalue weighted by Gasteiger charge is -2.34. The van der Waals surface area contributed by atoms with Gasteiger partial charge in [-0.25, -0.2) is 0 Å². The van der Waals surface area contributed by atoms with Gasteiger partial charge < -0.3 is 5.32 Å². The van der Waals surface area contributed by atoms with E-state index in [9.17, 15) is 0 Å². The number of nitrogens with zero attached hydrogens (tertiary/aromatic N) is 1. The first kappa shape index (κ1) is 9.82. The summed E-state index contributed by atoms with van der Waals surface area (Å²) in [4.78, 5) is 2.62. The van der Waals surface area contributed by atoms with Gasteiger partial charge in [0.15, 0.2) is 0 Å². The molecule has 0 amide bonds. The Hall–Kier alpha value is -0.380. The van der Waals surface area contributed by atoms with Crippen molar-refractivity contribution < 1.29 is 0 Å². The van der Waals surface area contributed by atoms with Crippen molar-refractivity contribution in [2.75, 3.05) is 19.6 Å². The van der Waals surface area contributed by atoms with E-state index in [1.165, 1.54) is 38.0 Å². The van der Waals surface area contributed by atoms with Crippen LogP contribution in [0.4, 0.5) is 0 Å². The van der Waals surface area contributed by atoms with E-state index in [0.717, 1.165) is 18.5 Å². The normalized spacial score (nSPS) is 31.7. The molecule has 3 heterocycles. The minimum absolute atomic E-state index is 0.823. The molecule has 0 aromatic carbocycles. The molecule has 0 saturated carbocycles. The third-order valence-electron chi connectivity index (χ3n) is 3.73. The zero-order valence-corrected chi connectivity index (χ0v) is 9.80. The summed E-state index contributed by atoms with van der Waals surface area (Å²) in [6.45, 7) is 4.96. The van der Waals surface area contributed by atoms with Crippen molar-refractivity contribution >= 4 is 11.3 Å². The largest absolute Gasteiger partial charge is 0.314 e. The Balaban J connectivity index is 1.59. The Bertz CT molecular complexity index is 309. The second-order valence-electron chi connectivity index (χ2n) is 4.76. The monoisotopic (exact) mass is 222 g/mol. The summed E-state index contributed by atoms with van der Waals surface area (Å²) in [7, 11) is 0. The number of hydrogen-bond donors (Lipinski definition) is 1. The van der Waals surface area contributed by atoms with Crippen LogP contribution in [0.1, 0.15) is 18.4 Å². The van der Waals surface area contributed by atoms with Crippen molar-refractivity contribution in [2.45, 2.75) is 25.4 Å². The highest BCUT2D eigenvalue weighted by Crippen LogP contribution is 2.25. The Morgan fingerprint density at radius 3 is 3.33 bits per heavy atom. The Morgan fingerprint density at radius 2 is 2.47 bits per heavy atom. The molecule has 2 aliphatic heterocycles. The van der Waals surface area contributed by atoms with Gasteiger partial charge in [0.2, 0.25) is 0 Å². The molecule has 3 rings (SSSR count). The van der Waals surface area contributed by atoms with Crippen LogP contribution in [0.2, 0.25) is 0 Å². The van der Waals surface area contributed by atoms with Gasteiger partial charge in [0.25, 0.3) is 0 Å². The molecule has 1 aromatic rings. The first-order valence-electron chi connectivity index (χ1n) is 5.88. The van der Waals surface area contributed by atoms with E-state index in [2.05, 4.69) is 27.0 Å². The second-order valence-corrected chi connectivity index (χ2v) is 5.54. The highest BCUT2D eigenvalue weighted by molar-refractivity contribution is 7.07. The number of fused-ring (bicyclic) bond motifs is 1. The molecular formula is C12H18N2S. The highest BCUT2D eigenvalue weighted by atomic mass is 32.1. The lowest BCUT2D eigenvalue weighted by molar-refractivity contribution is 0.156. The molecule has 2 fully saturated rings. The maximum absolute atomic E-state index is 3.61. The summed E-state index contributed by atoms with van der Waals surface area (Å²) in [5, 5.41) is 8.07. The van der Waals surface area contributed by atoms with Crippen molar-refractivity contribution in [3.63, 3.8) is 0 Å². The van der Waals surface area contributed by atoms with Crippen LogP contribution in [0.15, 0.2) is 16.8 Å².